The number of hydrazine groups is 1. The molecule has 1 saturated heterocycles. The Bertz CT molecular complexity index is 1200. The van der Waals surface area contributed by atoms with Gasteiger partial charge in [0.1, 0.15) is 0 Å². The van der Waals surface area contributed by atoms with Crippen molar-refractivity contribution in [3.8, 4) is 0 Å². The van der Waals surface area contributed by atoms with Crippen LogP contribution in [0.1, 0.15) is 29.8 Å². The summed E-state index contributed by atoms with van der Waals surface area (Å²) in [6.07, 6.45) is -0.332. The third-order valence-electron chi connectivity index (χ3n) is 5.04. The maximum absolute atomic E-state index is 12.9. The van der Waals surface area contributed by atoms with Gasteiger partial charge < -0.3 is 4.74 Å². The van der Waals surface area contributed by atoms with Gasteiger partial charge >= 0.3 is 0 Å². The van der Waals surface area contributed by atoms with Crippen LogP contribution in [0, 0.1) is 6.92 Å². The molecular formula is C21H24N4O4S2. The first-order chi connectivity index (χ1) is 14.7. The van der Waals surface area contributed by atoms with Crippen molar-refractivity contribution in [3.05, 3.63) is 53.6 Å². The van der Waals surface area contributed by atoms with Crippen LogP contribution in [0.2, 0.25) is 0 Å². The number of aromatic nitrogens is 1. The number of morpholine rings is 1. The van der Waals surface area contributed by atoms with Gasteiger partial charge in [-0.1, -0.05) is 23.5 Å². The highest BCUT2D eigenvalue weighted by Crippen LogP contribution is 2.27. The number of aryl methyl sites for hydroxylation is 1. The van der Waals surface area contributed by atoms with Crippen molar-refractivity contribution in [2.45, 2.75) is 37.9 Å². The molecule has 164 valence electrons. The Hall–Kier alpha value is -2.53. The van der Waals surface area contributed by atoms with Crippen LogP contribution in [0.5, 0.6) is 0 Å². The van der Waals surface area contributed by atoms with E-state index in [9.17, 15) is 13.2 Å². The predicted molar refractivity (Wildman–Crippen MR) is 121 cm³/mol. The molecule has 1 aromatic heterocycles. The summed E-state index contributed by atoms with van der Waals surface area (Å²) in [6.45, 7) is 6.30. The molecule has 0 saturated carbocycles. The number of thiazole rings is 1. The molecule has 0 bridgehead atoms. The van der Waals surface area contributed by atoms with Crippen molar-refractivity contribution < 1.29 is 17.9 Å². The fraction of sp³-hybridized carbons (Fsp3) is 0.333. The zero-order chi connectivity index (χ0) is 22.2. The van der Waals surface area contributed by atoms with Crippen LogP contribution in [-0.4, -0.2) is 48.9 Å². The smallest absolute Gasteiger partial charge is 0.269 e. The molecule has 1 aliphatic heterocycles. The Balaban J connectivity index is 1.43. The van der Waals surface area contributed by atoms with Crippen molar-refractivity contribution in [2.75, 3.05) is 18.5 Å². The first-order valence-electron chi connectivity index (χ1n) is 9.92. The van der Waals surface area contributed by atoms with Gasteiger partial charge in [-0.3, -0.25) is 15.6 Å². The Labute approximate surface area is 185 Å². The predicted octanol–water partition coefficient (Wildman–Crippen LogP) is 3.16. The second-order valence-corrected chi connectivity index (χ2v) is 10.6. The third-order valence-corrected chi connectivity index (χ3v) is 7.83. The van der Waals surface area contributed by atoms with Crippen LogP contribution in [0.4, 0.5) is 5.13 Å². The van der Waals surface area contributed by atoms with E-state index in [4.69, 9.17) is 4.74 Å². The van der Waals surface area contributed by atoms with Gasteiger partial charge in [-0.25, -0.2) is 13.4 Å². The summed E-state index contributed by atoms with van der Waals surface area (Å²) >= 11 is 1.44. The molecule has 3 aromatic rings. The number of nitrogens with zero attached hydrogens (tertiary/aromatic N) is 2. The van der Waals surface area contributed by atoms with Crippen LogP contribution in [0.25, 0.3) is 10.2 Å². The molecule has 8 nitrogen and oxygen atoms in total. The molecular weight excluding hydrogens is 436 g/mol. The Morgan fingerprint density at radius 3 is 2.45 bits per heavy atom. The molecule has 0 spiro atoms. The number of sulfonamides is 1. The van der Waals surface area contributed by atoms with Crippen molar-refractivity contribution in [3.63, 3.8) is 0 Å². The highest BCUT2D eigenvalue weighted by Gasteiger charge is 2.32. The molecule has 0 radical (unpaired) electrons. The van der Waals surface area contributed by atoms with Crippen molar-refractivity contribution in [1.29, 1.82) is 0 Å². The summed E-state index contributed by atoms with van der Waals surface area (Å²) in [5.74, 6) is -0.381. The number of para-hydroxylation sites is 1. The van der Waals surface area contributed by atoms with E-state index in [0.717, 1.165) is 15.8 Å². The first-order valence-corrected chi connectivity index (χ1v) is 12.2. The lowest BCUT2D eigenvalue weighted by atomic mass is 10.2. The largest absolute Gasteiger partial charge is 0.373 e. The number of ether oxygens (including phenoxy) is 1. The Kier molecular flexibility index (Phi) is 5.98. The van der Waals surface area contributed by atoms with E-state index in [1.54, 1.807) is 0 Å². The summed E-state index contributed by atoms with van der Waals surface area (Å²) in [7, 11) is -3.65. The number of hydrogen-bond acceptors (Lipinski definition) is 7. The maximum Gasteiger partial charge on any atom is 0.269 e. The average molecular weight is 461 g/mol. The summed E-state index contributed by atoms with van der Waals surface area (Å²) in [4.78, 5) is 17.1. The number of carbonyl (C=O) groups excluding carboxylic acids is 1. The lowest BCUT2D eigenvalue weighted by molar-refractivity contribution is -0.0440. The Morgan fingerprint density at radius 1 is 1.13 bits per heavy atom. The van der Waals surface area contributed by atoms with Crippen molar-refractivity contribution in [2.24, 2.45) is 0 Å². The number of anilines is 1. The summed E-state index contributed by atoms with van der Waals surface area (Å²) in [6, 6.07) is 11.8. The van der Waals surface area contributed by atoms with Crippen LogP contribution in [-0.2, 0) is 14.8 Å². The molecule has 1 aliphatic rings. The van der Waals surface area contributed by atoms with Crippen molar-refractivity contribution >= 4 is 42.6 Å². The molecule has 10 heteroatoms. The fourth-order valence-corrected chi connectivity index (χ4v) is 6.06. The molecule has 2 aromatic carbocycles. The first kappa shape index (κ1) is 21.7. The van der Waals surface area contributed by atoms with Crippen LogP contribution >= 0.6 is 11.3 Å². The monoisotopic (exact) mass is 460 g/mol. The summed E-state index contributed by atoms with van der Waals surface area (Å²) in [5.41, 5.74) is 7.74. The molecule has 31 heavy (non-hydrogen) atoms. The number of fused-ring (bicyclic) bond motifs is 1. The molecule has 2 heterocycles. The lowest BCUT2D eigenvalue weighted by Gasteiger charge is -2.34. The molecule has 2 N–H and O–H groups in total. The number of hydrogen-bond donors (Lipinski definition) is 2. The maximum atomic E-state index is 12.9. The van der Waals surface area contributed by atoms with E-state index in [-0.39, 0.29) is 23.0 Å². The second-order valence-electron chi connectivity index (χ2n) is 7.62. The van der Waals surface area contributed by atoms with Crippen LogP contribution < -0.4 is 10.9 Å². The van der Waals surface area contributed by atoms with Crippen LogP contribution in [0.15, 0.2) is 47.4 Å². The molecule has 0 unspecified atom stereocenters. The van der Waals surface area contributed by atoms with Gasteiger partial charge in [0.2, 0.25) is 15.2 Å². The SMILES string of the molecule is Cc1cccc2sc(NNC(=O)c3ccc(S(=O)(=O)N4C[C@@H](C)O[C@H](C)C4)cc3)nc12. The van der Waals surface area contributed by atoms with Gasteiger partial charge in [-0.05, 0) is 56.7 Å². The van der Waals surface area contributed by atoms with E-state index in [1.165, 1.54) is 39.9 Å². The number of benzene rings is 2. The van der Waals surface area contributed by atoms with E-state index in [2.05, 4.69) is 15.8 Å². The van der Waals surface area contributed by atoms with E-state index in [0.29, 0.717) is 23.8 Å². The molecule has 2 atom stereocenters. The number of carbonyl (C=O) groups is 1. The Morgan fingerprint density at radius 2 is 1.81 bits per heavy atom. The number of amides is 1. The minimum Gasteiger partial charge on any atom is -0.373 e. The minimum atomic E-state index is -3.65. The lowest BCUT2D eigenvalue weighted by Crippen LogP contribution is -2.48. The van der Waals surface area contributed by atoms with Gasteiger partial charge in [0.05, 0.1) is 27.3 Å². The normalized spacial score (nSPS) is 20.0. The fourth-order valence-electron chi connectivity index (χ4n) is 3.58. The highest BCUT2D eigenvalue weighted by molar-refractivity contribution is 7.89. The summed E-state index contributed by atoms with van der Waals surface area (Å²) < 4.78 is 33.9. The van der Waals surface area contributed by atoms with Gasteiger partial charge in [0.15, 0.2) is 0 Å². The van der Waals surface area contributed by atoms with Crippen LogP contribution in [0.3, 0.4) is 0 Å². The zero-order valence-corrected chi connectivity index (χ0v) is 19.1. The topological polar surface area (TPSA) is 101 Å². The second kappa shape index (κ2) is 8.54. The van der Waals surface area contributed by atoms with Gasteiger partial charge in [0, 0.05) is 18.7 Å². The third kappa shape index (κ3) is 4.57. The number of rotatable bonds is 5. The van der Waals surface area contributed by atoms with Gasteiger partial charge in [0.25, 0.3) is 5.91 Å². The van der Waals surface area contributed by atoms with Crippen molar-refractivity contribution in [1.82, 2.24) is 14.7 Å². The molecule has 0 aliphatic carbocycles. The number of nitrogens with one attached hydrogen (secondary N) is 2. The van der Waals surface area contributed by atoms with Gasteiger partial charge in [-0.2, -0.15) is 4.31 Å². The average Bonchev–Trinajstić information content (AvgIpc) is 3.16. The summed E-state index contributed by atoms with van der Waals surface area (Å²) in [5, 5.41) is 0.576. The quantitative estimate of drug-likeness (QED) is 0.568. The van der Waals surface area contributed by atoms with E-state index in [1.807, 2.05) is 39.0 Å². The minimum absolute atomic E-state index is 0.153. The molecule has 1 amide bonds. The molecule has 4 rings (SSSR count). The highest BCUT2D eigenvalue weighted by atomic mass is 32.2. The molecule has 1 fully saturated rings. The standard InChI is InChI=1S/C21H24N4O4S2/c1-13-5-4-6-18-19(13)22-21(30-18)24-23-20(26)16-7-9-17(10-8-16)31(27,28)25-11-14(2)29-15(3)12-25/h4-10,14-15H,11-12H2,1-3H3,(H,22,24)(H,23,26)/t14-,15-/m1/s1. The van der Waals surface area contributed by atoms with Gasteiger partial charge in [-0.15, -0.1) is 0 Å². The zero-order valence-electron chi connectivity index (χ0n) is 17.5. The van der Waals surface area contributed by atoms with E-state index >= 15 is 0 Å². The van der Waals surface area contributed by atoms with E-state index < -0.39 is 10.0 Å².